The number of thiocarbonyl (C=S) groups is 1. The molecule has 1 N–H and O–H groups in total. The molecule has 0 unspecified atom stereocenters. The van der Waals surface area contributed by atoms with Gasteiger partial charge in [-0.2, -0.15) is 0 Å². The van der Waals surface area contributed by atoms with Gasteiger partial charge >= 0.3 is 0 Å². The maximum Gasteiger partial charge on any atom is 0.174 e. The topological polar surface area (TPSA) is 33.1 Å². The first-order valence-electron chi connectivity index (χ1n) is 9.92. The monoisotopic (exact) mass is 526 g/mol. The van der Waals surface area contributed by atoms with Crippen molar-refractivity contribution in [3.63, 3.8) is 0 Å². The Morgan fingerprint density at radius 2 is 1.78 bits per heavy atom. The fourth-order valence-electron chi connectivity index (χ4n) is 4.04. The molecule has 8 heteroatoms. The number of benzene rings is 2. The Labute approximate surface area is 203 Å². The van der Waals surface area contributed by atoms with Crippen LogP contribution in [0, 0.1) is 5.82 Å². The highest BCUT2D eigenvalue weighted by Gasteiger charge is 2.42. The Kier molecular flexibility index (Phi) is 5.71. The molecule has 0 spiro atoms. The number of aromatic nitrogens is 2. The molecule has 4 aromatic rings. The molecule has 32 heavy (non-hydrogen) atoms. The van der Waals surface area contributed by atoms with Crippen LogP contribution in [0.3, 0.4) is 0 Å². The van der Waals surface area contributed by atoms with Crippen LogP contribution < -0.4 is 10.2 Å². The maximum absolute atomic E-state index is 13.8. The van der Waals surface area contributed by atoms with Crippen LogP contribution in [-0.2, 0) is 0 Å². The summed E-state index contributed by atoms with van der Waals surface area (Å²) in [5.41, 5.74) is 3.58. The molecular weight excluding hydrogens is 511 g/mol. The van der Waals surface area contributed by atoms with E-state index in [1.165, 1.54) is 6.07 Å². The molecular formula is C24H17BrClFN4S. The summed E-state index contributed by atoms with van der Waals surface area (Å²) in [4.78, 5) is 6.68. The Hall–Kier alpha value is -2.74. The summed E-state index contributed by atoms with van der Waals surface area (Å²) in [5.74, 6) is -0.448. The molecule has 1 fully saturated rings. The van der Waals surface area contributed by atoms with Crippen molar-refractivity contribution in [2.24, 2.45) is 0 Å². The van der Waals surface area contributed by atoms with Gasteiger partial charge in [-0.15, -0.1) is 0 Å². The minimum atomic E-state index is -0.448. The lowest BCUT2D eigenvalue weighted by Gasteiger charge is -2.29. The second-order valence-corrected chi connectivity index (χ2v) is 9.08. The van der Waals surface area contributed by atoms with E-state index in [9.17, 15) is 4.39 Å². The van der Waals surface area contributed by atoms with Crippen LogP contribution in [-0.4, -0.2) is 14.7 Å². The highest BCUT2D eigenvalue weighted by atomic mass is 79.9. The lowest BCUT2D eigenvalue weighted by atomic mass is 10.0. The van der Waals surface area contributed by atoms with Gasteiger partial charge in [0, 0.05) is 33.9 Å². The summed E-state index contributed by atoms with van der Waals surface area (Å²) in [5, 5.41) is 4.14. The summed E-state index contributed by atoms with van der Waals surface area (Å²) in [6.45, 7) is 0. The minimum absolute atomic E-state index is 0.0771. The molecule has 3 heterocycles. The third-order valence-corrected chi connectivity index (χ3v) is 6.60. The lowest BCUT2D eigenvalue weighted by molar-refractivity contribution is 0.549. The van der Waals surface area contributed by atoms with Gasteiger partial charge in [0.05, 0.1) is 16.8 Å². The third kappa shape index (κ3) is 3.81. The summed E-state index contributed by atoms with van der Waals surface area (Å²) in [6, 6.07) is 22.2. The summed E-state index contributed by atoms with van der Waals surface area (Å²) >= 11 is 15.4. The second-order valence-electron chi connectivity index (χ2n) is 7.37. The van der Waals surface area contributed by atoms with E-state index in [1.807, 2.05) is 65.4 Å². The van der Waals surface area contributed by atoms with Gasteiger partial charge in [-0.1, -0.05) is 33.6 Å². The van der Waals surface area contributed by atoms with Crippen LogP contribution in [0.15, 0.2) is 89.7 Å². The number of rotatable bonds is 4. The molecule has 0 saturated carbocycles. The van der Waals surface area contributed by atoms with Crippen molar-refractivity contribution in [1.82, 2.24) is 14.9 Å². The normalized spacial score (nSPS) is 18.1. The third-order valence-electron chi connectivity index (χ3n) is 5.47. The van der Waals surface area contributed by atoms with Crippen molar-refractivity contribution in [3.8, 4) is 5.69 Å². The first-order chi connectivity index (χ1) is 15.5. The molecule has 2 atom stereocenters. The molecule has 1 saturated heterocycles. The first kappa shape index (κ1) is 21.1. The fraction of sp³-hybridized carbons (Fsp3) is 0.0833. The van der Waals surface area contributed by atoms with Crippen molar-refractivity contribution in [1.29, 1.82) is 0 Å². The van der Waals surface area contributed by atoms with Gasteiger partial charge in [0.25, 0.3) is 0 Å². The molecule has 4 nitrogen and oxygen atoms in total. The van der Waals surface area contributed by atoms with Gasteiger partial charge < -0.3 is 14.8 Å². The Balaban J connectivity index is 1.67. The number of nitrogens with one attached hydrogen (secondary N) is 1. The van der Waals surface area contributed by atoms with Crippen LogP contribution in [0.4, 0.5) is 10.1 Å². The molecule has 160 valence electrons. The molecule has 0 bridgehead atoms. The predicted octanol–water partition coefficient (Wildman–Crippen LogP) is 6.60. The Morgan fingerprint density at radius 3 is 2.50 bits per heavy atom. The highest BCUT2D eigenvalue weighted by Crippen LogP contribution is 2.42. The number of hydrogen-bond acceptors (Lipinski definition) is 2. The summed E-state index contributed by atoms with van der Waals surface area (Å²) in [7, 11) is 0. The van der Waals surface area contributed by atoms with Crippen molar-refractivity contribution in [2.75, 3.05) is 4.90 Å². The maximum atomic E-state index is 13.8. The second kappa shape index (κ2) is 8.65. The first-order valence-corrected chi connectivity index (χ1v) is 11.5. The predicted molar refractivity (Wildman–Crippen MR) is 133 cm³/mol. The van der Waals surface area contributed by atoms with Gasteiger partial charge in [-0.25, -0.2) is 4.39 Å². The van der Waals surface area contributed by atoms with Gasteiger partial charge in [-0.05, 0) is 78.9 Å². The van der Waals surface area contributed by atoms with Crippen molar-refractivity contribution >= 4 is 50.5 Å². The molecule has 0 amide bonds. The van der Waals surface area contributed by atoms with E-state index in [-0.39, 0.29) is 17.1 Å². The van der Waals surface area contributed by atoms with Gasteiger partial charge in [0.2, 0.25) is 0 Å². The zero-order valence-corrected chi connectivity index (χ0v) is 19.8. The quantitative estimate of drug-likeness (QED) is 0.303. The van der Waals surface area contributed by atoms with Crippen LogP contribution >= 0.6 is 39.7 Å². The molecule has 5 rings (SSSR count). The van der Waals surface area contributed by atoms with E-state index in [1.54, 1.807) is 18.3 Å². The fourth-order valence-corrected chi connectivity index (χ4v) is 4.83. The number of pyridine rings is 1. The molecule has 0 radical (unpaired) electrons. The lowest BCUT2D eigenvalue weighted by Crippen LogP contribution is -2.30. The smallest absolute Gasteiger partial charge is 0.174 e. The minimum Gasteiger partial charge on any atom is -0.351 e. The number of halogens is 3. The van der Waals surface area contributed by atoms with Crippen LogP contribution in [0.1, 0.15) is 23.5 Å². The molecule has 1 aliphatic heterocycles. The standard InChI is InChI=1S/C24H17BrClFN4S/c25-15-6-8-16(9-7-15)31-23(22(29-24(31)32)20-4-1-2-12-28-20)21-5-3-13-30(21)17-10-11-19(27)18(26)14-17/h1-14,22-23H,(H,29,32)/t22-,23+/m1/s1. The van der Waals surface area contributed by atoms with Crippen LogP contribution in [0.2, 0.25) is 5.02 Å². The van der Waals surface area contributed by atoms with Crippen molar-refractivity contribution in [3.05, 3.63) is 112 Å². The van der Waals surface area contributed by atoms with E-state index < -0.39 is 5.82 Å². The van der Waals surface area contributed by atoms with Crippen molar-refractivity contribution in [2.45, 2.75) is 12.1 Å². The molecule has 2 aromatic carbocycles. The van der Waals surface area contributed by atoms with Gasteiger partial charge in [0.1, 0.15) is 11.9 Å². The number of hydrogen-bond donors (Lipinski definition) is 1. The average molecular weight is 528 g/mol. The summed E-state index contributed by atoms with van der Waals surface area (Å²) in [6.07, 6.45) is 3.72. The van der Waals surface area contributed by atoms with Crippen LogP contribution in [0.25, 0.3) is 5.69 Å². The Bertz CT molecular complexity index is 1280. The molecule has 1 aliphatic rings. The molecule has 2 aromatic heterocycles. The van der Waals surface area contributed by atoms with Gasteiger partial charge in [0.15, 0.2) is 5.11 Å². The van der Waals surface area contributed by atoms with E-state index in [2.05, 4.69) is 31.1 Å². The van der Waals surface area contributed by atoms with Crippen LogP contribution in [0.5, 0.6) is 0 Å². The van der Waals surface area contributed by atoms with E-state index in [0.717, 1.165) is 27.2 Å². The van der Waals surface area contributed by atoms with Crippen molar-refractivity contribution < 1.29 is 4.39 Å². The largest absolute Gasteiger partial charge is 0.351 e. The van der Waals surface area contributed by atoms with E-state index >= 15 is 0 Å². The zero-order chi connectivity index (χ0) is 22.2. The highest BCUT2D eigenvalue weighted by molar-refractivity contribution is 9.10. The molecule has 0 aliphatic carbocycles. The van der Waals surface area contributed by atoms with E-state index in [4.69, 9.17) is 23.8 Å². The summed E-state index contributed by atoms with van der Waals surface area (Å²) < 4.78 is 16.8. The number of nitrogens with zero attached hydrogens (tertiary/aromatic N) is 3. The zero-order valence-electron chi connectivity index (χ0n) is 16.6. The average Bonchev–Trinajstić information content (AvgIpc) is 3.41. The Morgan fingerprint density at radius 1 is 1.00 bits per heavy atom. The number of anilines is 1. The SMILES string of the molecule is Fc1ccc(-n2cccc2[C@H]2[C@@H](c3ccccn3)NC(=S)N2c2ccc(Br)cc2)cc1Cl. The van der Waals surface area contributed by atoms with E-state index in [0.29, 0.717) is 5.11 Å². The van der Waals surface area contributed by atoms with Gasteiger partial charge in [-0.3, -0.25) is 4.98 Å².